The summed E-state index contributed by atoms with van der Waals surface area (Å²) in [5.74, 6) is 0.461. The van der Waals surface area contributed by atoms with E-state index >= 15 is 0 Å². The maximum Gasteiger partial charge on any atom is 0.160 e. The van der Waals surface area contributed by atoms with E-state index in [9.17, 15) is 0 Å². The van der Waals surface area contributed by atoms with Crippen molar-refractivity contribution in [3.8, 4) is 0 Å². The van der Waals surface area contributed by atoms with Gasteiger partial charge in [-0.1, -0.05) is 53.4 Å². The maximum absolute atomic E-state index is 6.04. The van der Waals surface area contributed by atoms with Crippen molar-refractivity contribution in [1.29, 1.82) is 0 Å². The first-order valence-electron chi connectivity index (χ1n) is 7.48. The van der Waals surface area contributed by atoms with E-state index in [-0.39, 0.29) is 6.29 Å². The fourth-order valence-corrected chi connectivity index (χ4v) is 2.38. The molecule has 1 saturated heterocycles. The largest absolute Gasteiger partial charge is 0.349 e. The van der Waals surface area contributed by atoms with Gasteiger partial charge in [-0.3, -0.25) is 0 Å². The summed E-state index contributed by atoms with van der Waals surface area (Å²) in [6.07, 6.45) is 9.58. The van der Waals surface area contributed by atoms with Gasteiger partial charge in [0.05, 0.1) is 12.2 Å². The third kappa shape index (κ3) is 5.39. The van der Waals surface area contributed by atoms with Gasteiger partial charge in [-0.05, 0) is 19.3 Å². The minimum Gasteiger partial charge on any atom is -0.349 e. The summed E-state index contributed by atoms with van der Waals surface area (Å²) in [6, 6.07) is 0. The molecule has 1 fully saturated rings. The molecule has 2 nitrogen and oxygen atoms in total. The van der Waals surface area contributed by atoms with Gasteiger partial charge in [0.25, 0.3) is 0 Å². The molecule has 0 N–H and O–H groups in total. The van der Waals surface area contributed by atoms with Crippen molar-refractivity contribution in [3.63, 3.8) is 0 Å². The smallest absolute Gasteiger partial charge is 0.160 e. The first kappa shape index (κ1) is 15.0. The van der Waals surface area contributed by atoms with Crippen molar-refractivity contribution in [3.05, 3.63) is 0 Å². The van der Waals surface area contributed by atoms with E-state index in [1.165, 1.54) is 32.1 Å². The zero-order valence-electron chi connectivity index (χ0n) is 12.1. The van der Waals surface area contributed by atoms with E-state index in [1.807, 2.05) is 0 Å². The summed E-state index contributed by atoms with van der Waals surface area (Å²) in [5, 5.41) is 0. The molecule has 0 aromatic rings. The van der Waals surface area contributed by atoms with Crippen molar-refractivity contribution < 1.29 is 9.47 Å². The van der Waals surface area contributed by atoms with Gasteiger partial charge in [-0.25, -0.2) is 0 Å². The van der Waals surface area contributed by atoms with Crippen LogP contribution in [-0.4, -0.2) is 18.5 Å². The lowest BCUT2D eigenvalue weighted by Gasteiger charge is -2.37. The second-order valence-corrected chi connectivity index (χ2v) is 5.62. The molecule has 0 aromatic carbocycles. The molecule has 0 saturated carbocycles. The van der Waals surface area contributed by atoms with Crippen molar-refractivity contribution in [2.45, 2.75) is 91.1 Å². The molecule has 0 amide bonds. The van der Waals surface area contributed by atoms with Crippen LogP contribution in [0.2, 0.25) is 0 Å². The average molecular weight is 242 g/mol. The third-order valence-electron chi connectivity index (χ3n) is 3.56. The molecular formula is C15H30O2. The molecule has 1 aliphatic rings. The highest BCUT2D eigenvalue weighted by Gasteiger charge is 2.30. The van der Waals surface area contributed by atoms with E-state index in [4.69, 9.17) is 9.47 Å². The highest BCUT2D eigenvalue weighted by molar-refractivity contribution is 4.73. The van der Waals surface area contributed by atoms with Crippen LogP contribution in [-0.2, 0) is 9.47 Å². The molecule has 1 aliphatic heterocycles. The third-order valence-corrected chi connectivity index (χ3v) is 3.56. The van der Waals surface area contributed by atoms with E-state index < -0.39 is 0 Å². The normalized spacial score (nSPS) is 29.8. The second-order valence-electron chi connectivity index (χ2n) is 5.62. The minimum absolute atomic E-state index is 0.0184. The second kappa shape index (κ2) is 8.10. The summed E-state index contributed by atoms with van der Waals surface area (Å²) in [6.45, 7) is 8.82. The molecule has 0 spiro atoms. The SMILES string of the molecule is CCCCCC[C@@H]1C[C@@H](CC)O[C@H](C(C)C)O1. The number of hydrogen-bond donors (Lipinski definition) is 0. The van der Waals surface area contributed by atoms with Crippen LogP contribution in [0.3, 0.4) is 0 Å². The van der Waals surface area contributed by atoms with Crippen molar-refractivity contribution in [2.75, 3.05) is 0 Å². The monoisotopic (exact) mass is 242 g/mol. The Morgan fingerprint density at radius 2 is 1.71 bits per heavy atom. The summed E-state index contributed by atoms with van der Waals surface area (Å²) >= 11 is 0. The molecule has 0 unspecified atom stereocenters. The zero-order chi connectivity index (χ0) is 12.7. The number of hydrogen-bond acceptors (Lipinski definition) is 2. The van der Waals surface area contributed by atoms with Gasteiger partial charge in [0, 0.05) is 5.92 Å². The predicted octanol–water partition coefficient (Wildman–Crippen LogP) is 4.52. The molecule has 0 aromatic heterocycles. The Morgan fingerprint density at radius 3 is 2.29 bits per heavy atom. The van der Waals surface area contributed by atoms with E-state index in [0.717, 1.165) is 12.8 Å². The van der Waals surface area contributed by atoms with Crippen LogP contribution >= 0.6 is 0 Å². The number of ether oxygens (including phenoxy) is 2. The molecule has 0 radical (unpaired) electrons. The van der Waals surface area contributed by atoms with Crippen molar-refractivity contribution >= 4 is 0 Å². The number of unbranched alkanes of at least 4 members (excludes halogenated alkanes) is 3. The van der Waals surface area contributed by atoms with Gasteiger partial charge in [-0.15, -0.1) is 0 Å². The average Bonchev–Trinajstić information content (AvgIpc) is 2.34. The molecule has 0 aliphatic carbocycles. The fourth-order valence-electron chi connectivity index (χ4n) is 2.38. The van der Waals surface area contributed by atoms with E-state index in [2.05, 4.69) is 27.7 Å². The lowest BCUT2D eigenvalue weighted by Crippen LogP contribution is -2.40. The molecule has 3 atom stereocenters. The van der Waals surface area contributed by atoms with E-state index in [1.54, 1.807) is 0 Å². The molecule has 102 valence electrons. The summed E-state index contributed by atoms with van der Waals surface area (Å²) in [7, 11) is 0. The molecule has 17 heavy (non-hydrogen) atoms. The molecular weight excluding hydrogens is 212 g/mol. The van der Waals surface area contributed by atoms with Crippen LogP contribution in [0.25, 0.3) is 0 Å². The minimum atomic E-state index is 0.0184. The molecule has 1 rings (SSSR count). The van der Waals surface area contributed by atoms with Gasteiger partial charge in [0.1, 0.15) is 0 Å². The molecule has 1 heterocycles. The standard InChI is InChI=1S/C15H30O2/c1-5-7-8-9-10-14-11-13(6-2)16-15(17-14)12(3)4/h12-15H,5-11H2,1-4H3/t13-,14-,15+/m1/s1. The Balaban J connectivity index is 2.32. The van der Waals surface area contributed by atoms with Crippen LogP contribution in [0.4, 0.5) is 0 Å². The topological polar surface area (TPSA) is 18.5 Å². The first-order valence-corrected chi connectivity index (χ1v) is 7.48. The van der Waals surface area contributed by atoms with Crippen LogP contribution < -0.4 is 0 Å². The quantitative estimate of drug-likeness (QED) is 0.611. The van der Waals surface area contributed by atoms with E-state index in [0.29, 0.717) is 18.1 Å². The first-order chi connectivity index (χ1) is 8.17. The molecule has 0 bridgehead atoms. The van der Waals surface area contributed by atoms with Crippen molar-refractivity contribution in [2.24, 2.45) is 5.92 Å². The highest BCUT2D eigenvalue weighted by atomic mass is 16.7. The van der Waals surface area contributed by atoms with Gasteiger partial charge >= 0.3 is 0 Å². The van der Waals surface area contributed by atoms with Gasteiger partial charge in [-0.2, -0.15) is 0 Å². The summed E-state index contributed by atoms with van der Waals surface area (Å²) < 4.78 is 12.0. The Labute approximate surface area is 107 Å². The van der Waals surface area contributed by atoms with Crippen LogP contribution in [0.1, 0.15) is 72.6 Å². The lowest BCUT2D eigenvalue weighted by molar-refractivity contribution is -0.260. The summed E-state index contributed by atoms with van der Waals surface area (Å²) in [4.78, 5) is 0. The van der Waals surface area contributed by atoms with Crippen LogP contribution in [0.5, 0.6) is 0 Å². The maximum atomic E-state index is 6.04. The zero-order valence-corrected chi connectivity index (χ0v) is 12.1. The van der Waals surface area contributed by atoms with Crippen LogP contribution in [0, 0.1) is 5.92 Å². The fraction of sp³-hybridized carbons (Fsp3) is 1.00. The Kier molecular flexibility index (Phi) is 7.14. The van der Waals surface area contributed by atoms with Gasteiger partial charge in [0.2, 0.25) is 0 Å². The Morgan fingerprint density at radius 1 is 1.00 bits per heavy atom. The van der Waals surface area contributed by atoms with Gasteiger partial charge < -0.3 is 9.47 Å². The Hall–Kier alpha value is -0.0800. The van der Waals surface area contributed by atoms with Gasteiger partial charge in [0.15, 0.2) is 6.29 Å². The molecule has 2 heteroatoms. The highest BCUT2D eigenvalue weighted by Crippen LogP contribution is 2.27. The lowest BCUT2D eigenvalue weighted by atomic mass is 10.0. The number of rotatable bonds is 7. The summed E-state index contributed by atoms with van der Waals surface area (Å²) in [5.41, 5.74) is 0. The predicted molar refractivity (Wildman–Crippen MR) is 72.0 cm³/mol. The van der Waals surface area contributed by atoms with Crippen molar-refractivity contribution in [1.82, 2.24) is 0 Å². The van der Waals surface area contributed by atoms with Crippen LogP contribution in [0.15, 0.2) is 0 Å². The Bertz CT molecular complexity index is 191.